The fraction of sp³-hybridized carbons (Fsp3) is 0.190. The standard InChI is InChI=1S/C21H18F3N5/c1-28(12-16-11-25-29(14-16)13-15-7-3-2-4-8-15)19-17-9-5-6-10-18(17)26-20(27-19)21(22,23)24/h2-11,14H,12-13H2,1H3. The molecule has 0 unspecified atom stereocenters. The number of halogens is 3. The Labute approximate surface area is 165 Å². The molecule has 0 saturated heterocycles. The van der Waals surface area contributed by atoms with Crippen molar-refractivity contribution in [3.63, 3.8) is 0 Å². The zero-order valence-corrected chi connectivity index (χ0v) is 15.6. The van der Waals surface area contributed by atoms with Crippen LogP contribution in [0.2, 0.25) is 0 Å². The van der Waals surface area contributed by atoms with Crippen molar-refractivity contribution >= 4 is 16.7 Å². The second kappa shape index (κ2) is 7.54. The monoisotopic (exact) mass is 397 g/mol. The number of anilines is 1. The van der Waals surface area contributed by atoms with E-state index in [1.54, 1.807) is 47.1 Å². The van der Waals surface area contributed by atoms with E-state index in [0.717, 1.165) is 11.1 Å². The van der Waals surface area contributed by atoms with E-state index in [0.29, 0.717) is 18.5 Å². The summed E-state index contributed by atoms with van der Waals surface area (Å²) in [7, 11) is 1.71. The van der Waals surface area contributed by atoms with Gasteiger partial charge in [-0.2, -0.15) is 18.3 Å². The maximum absolute atomic E-state index is 13.2. The molecule has 2 aromatic carbocycles. The zero-order valence-electron chi connectivity index (χ0n) is 15.6. The smallest absolute Gasteiger partial charge is 0.355 e. The van der Waals surface area contributed by atoms with E-state index >= 15 is 0 Å². The molecular formula is C21H18F3N5. The van der Waals surface area contributed by atoms with Crippen molar-refractivity contribution in [3.8, 4) is 0 Å². The first kappa shape index (κ1) is 18.9. The van der Waals surface area contributed by atoms with Gasteiger partial charge in [-0.05, 0) is 17.7 Å². The third-order valence-electron chi connectivity index (χ3n) is 4.49. The highest BCUT2D eigenvalue weighted by Crippen LogP contribution is 2.31. The van der Waals surface area contributed by atoms with E-state index in [-0.39, 0.29) is 11.3 Å². The summed E-state index contributed by atoms with van der Waals surface area (Å²) >= 11 is 0. The quantitative estimate of drug-likeness (QED) is 0.496. The first-order chi connectivity index (χ1) is 13.9. The fourth-order valence-corrected chi connectivity index (χ4v) is 3.17. The summed E-state index contributed by atoms with van der Waals surface area (Å²) in [6.07, 6.45) is -1.01. The molecule has 4 rings (SSSR count). The third-order valence-corrected chi connectivity index (χ3v) is 4.49. The zero-order chi connectivity index (χ0) is 20.4. The molecule has 0 amide bonds. The van der Waals surface area contributed by atoms with Crippen molar-refractivity contribution in [2.24, 2.45) is 0 Å². The Bertz CT molecular complexity index is 1120. The number of rotatable bonds is 5. The van der Waals surface area contributed by atoms with Crippen LogP contribution < -0.4 is 4.90 Å². The first-order valence-corrected chi connectivity index (χ1v) is 9.00. The van der Waals surface area contributed by atoms with Gasteiger partial charge in [-0.25, -0.2) is 9.97 Å². The third kappa shape index (κ3) is 4.21. The van der Waals surface area contributed by atoms with Gasteiger partial charge >= 0.3 is 6.18 Å². The number of para-hydroxylation sites is 1. The predicted octanol–water partition coefficient (Wildman–Crippen LogP) is 4.53. The Morgan fingerprint density at radius 1 is 0.931 bits per heavy atom. The fourth-order valence-electron chi connectivity index (χ4n) is 3.17. The molecule has 0 N–H and O–H groups in total. The maximum Gasteiger partial charge on any atom is 0.451 e. The second-order valence-electron chi connectivity index (χ2n) is 6.77. The van der Waals surface area contributed by atoms with Crippen LogP contribution in [-0.2, 0) is 19.3 Å². The lowest BCUT2D eigenvalue weighted by atomic mass is 10.2. The topological polar surface area (TPSA) is 46.8 Å². The average molecular weight is 397 g/mol. The number of hydrogen-bond acceptors (Lipinski definition) is 4. The lowest BCUT2D eigenvalue weighted by molar-refractivity contribution is -0.144. The van der Waals surface area contributed by atoms with Gasteiger partial charge in [0.1, 0.15) is 5.82 Å². The molecule has 148 valence electrons. The minimum Gasteiger partial charge on any atom is -0.355 e. The molecule has 0 aliphatic carbocycles. The van der Waals surface area contributed by atoms with Crippen LogP contribution in [0.25, 0.3) is 10.9 Å². The van der Waals surface area contributed by atoms with E-state index in [2.05, 4.69) is 15.1 Å². The second-order valence-corrected chi connectivity index (χ2v) is 6.77. The number of aromatic nitrogens is 4. The highest BCUT2D eigenvalue weighted by molar-refractivity contribution is 5.89. The van der Waals surface area contributed by atoms with Gasteiger partial charge in [0.2, 0.25) is 5.82 Å². The van der Waals surface area contributed by atoms with Gasteiger partial charge in [0, 0.05) is 30.7 Å². The van der Waals surface area contributed by atoms with Crippen molar-refractivity contribution in [3.05, 3.63) is 83.9 Å². The largest absolute Gasteiger partial charge is 0.451 e. The highest BCUT2D eigenvalue weighted by Gasteiger charge is 2.35. The molecule has 8 heteroatoms. The molecule has 2 aromatic heterocycles. The lowest BCUT2D eigenvalue weighted by Crippen LogP contribution is -2.21. The van der Waals surface area contributed by atoms with Crippen LogP contribution in [0.5, 0.6) is 0 Å². The molecule has 5 nitrogen and oxygen atoms in total. The summed E-state index contributed by atoms with van der Waals surface area (Å²) in [6.45, 7) is 0.992. The molecule has 29 heavy (non-hydrogen) atoms. The van der Waals surface area contributed by atoms with Crippen molar-refractivity contribution < 1.29 is 13.2 Å². The van der Waals surface area contributed by atoms with Crippen LogP contribution in [0, 0.1) is 0 Å². The molecule has 0 aliphatic rings. The van der Waals surface area contributed by atoms with Gasteiger partial charge in [-0.3, -0.25) is 4.68 Å². The average Bonchev–Trinajstić information content (AvgIpc) is 3.13. The van der Waals surface area contributed by atoms with Crippen molar-refractivity contribution in [2.75, 3.05) is 11.9 Å². The van der Waals surface area contributed by atoms with Gasteiger partial charge in [-0.15, -0.1) is 0 Å². The Balaban J connectivity index is 1.60. The summed E-state index contributed by atoms with van der Waals surface area (Å²) in [5.41, 5.74) is 2.25. The molecule has 0 atom stereocenters. The molecule has 0 aliphatic heterocycles. The maximum atomic E-state index is 13.2. The summed E-state index contributed by atoms with van der Waals surface area (Å²) < 4.78 is 41.5. The van der Waals surface area contributed by atoms with E-state index in [9.17, 15) is 13.2 Å². The lowest BCUT2D eigenvalue weighted by Gasteiger charge is -2.20. The normalized spacial score (nSPS) is 11.7. The number of fused-ring (bicyclic) bond motifs is 1. The van der Waals surface area contributed by atoms with Crippen LogP contribution in [0.3, 0.4) is 0 Å². The van der Waals surface area contributed by atoms with Crippen LogP contribution in [0.1, 0.15) is 17.0 Å². The molecular weight excluding hydrogens is 379 g/mol. The van der Waals surface area contributed by atoms with E-state index in [1.165, 1.54) is 0 Å². The van der Waals surface area contributed by atoms with Crippen LogP contribution in [0.4, 0.5) is 19.0 Å². The minimum absolute atomic E-state index is 0.235. The van der Waals surface area contributed by atoms with Crippen LogP contribution >= 0.6 is 0 Å². The highest BCUT2D eigenvalue weighted by atomic mass is 19.4. The van der Waals surface area contributed by atoms with E-state index in [1.807, 2.05) is 36.5 Å². The van der Waals surface area contributed by atoms with Crippen LogP contribution in [0.15, 0.2) is 67.0 Å². The van der Waals surface area contributed by atoms with Crippen LogP contribution in [-0.4, -0.2) is 26.8 Å². The van der Waals surface area contributed by atoms with Gasteiger partial charge in [0.25, 0.3) is 0 Å². The summed E-state index contributed by atoms with van der Waals surface area (Å²) in [6, 6.07) is 16.6. The molecule has 4 aromatic rings. The van der Waals surface area contributed by atoms with E-state index in [4.69, 9.17) is 0 Å². The molecule has 0 spiro atoms. The Morgan fingerprint density at radius 3 is 2.41 bits per heavy atom. The van der Waals surface area contributed by atoms with Gasteiger partial charge in [-0.1, -0.05) is 42.5 Å². The number of hydrogen-bond donors (Lipinski definition) is 0. The molecule has 0 bridgehead atoms. The van der Waals surface area contributed by atoms with Crippen molar-refractivity contribution in [1.29, 1.82) is 0 Å². The van der Waals surface area contributed by atoms with E-state index < -0.39 is 12.0 Å². The van der Waals surface area contributed by atoms with Gasteiger partial charge in [0.05, 0.1) is 18.3 Å². The Kier molecular flexibility index (Phi) is 4.92. The Morgan fingerprint density at radius 2 is 1.66 bits per heavy atom. The SMILES string of the molecule is CN(Cc1cnn(Cc2ccccc2)c1)c1nc(C(F)(F)F)nc2ccccc12. The summed E-state index contributed by atoms with van der Waals surface area (Å²) in [4.78, 5) is 9.16. The van der Waals surface area contributed by atoms with Gasteiger partial charge in [0.15, 0.2) is 0 Å². The number of benzene rings is 2. The molecule has 0 saturated carbocycles. The van der Waals surface area contributed by atoms with Crippen molar-refractivity contribution in [1.82, 2.24) is 19.7 Å². The molecule has 0 radical (unpaired) electrons. The number of nitrogens with zero attached hydrogens (tertiary/aromatic N) is 5. The predicted molar refractivity (Wildman–Crippen MR) is 104 cm³/mol. The number of alkyl halides is 3. The van der Waals surface area contributed by atoms with Gasteiger partial charge < -0.3 is 4.90 Å². The first-order valence-electron chi connectivity index (χ1n) is 9.00. The molecule has 0 fully saturated rings. The summed E-state index contributed by atoms with van der Waals surface area (Å²) in [5.74, 6) is -0.906. The minimum atomic E-state index is -4.61. The summed E-state index contributed by atoms with van der Waals surface area (Å²) in [5, 5.41) is 4.92. The van der Waals surface area contributed by atoms with Crippen molar-refractivity contribution in [2.45, 2.75) is 19.3 Å². The molecule has 2 heterocycles. The Hall–Kier alpha value is -3.42.